The smallest absolute Gasteiger partial charge is 0.411 e. The maximum Gasteiger partial charge on any atom is 0.411 e. The fourth-order valence-electron chi connectivity index (χ4n) is 4.28. The van der Waals surface area contributed by atoms with E-state index < -0.39 is 6.09 Å². The number of carbonyl (C=O) groups is 1. The van der Waals surface area contributed by atoms with Crippen molar-refractivity contribution in [2.75, 3.05) is 11.1 Å². The number of benzene rings is 4. The van der Waals surface area contributed by atoms with Crippen LogP contribution in [0.25, 0.3) is 21.9 Å². The van der Waals surface area contributed by atoms with Crippen LogP contribution in [0, 0.1) is 0 Å². The third-order valence-electron chi connectivity index (χ3n) is 6.08. The standard InChI is InChI=1S/C30H32N2O2/c1-2-3-4-6-11-22-16-19-28(32-30(33)34-21-23-12-7-5-8-13-23)26(20-22)29-25-15-10-9-14-24(25)17-18-27(29)31/h5,7-10,12-20H,2-4,6,11,21,31H2,1H3,(H,32,33). The maximum absolute atomic E-state index is 12.7. The van der Waals surface area contributed by atoms with Gasteiger partial charge < -0.3 is 10.5 Å². The van der Waals surface area contributed by atoms with Crippen molar-refractivity contribution in [1.82, 2.24) is 0 Å². The summed E-state index contributed by atoms with van der Waals surface area (Å²) in [6, 6.07) is 28.0. The molecule has 0 aromatic heterocycles. The van der Waals surface area contributed by atoms with Gasteiger partial charge in [0.2, 0.25) is 0 Å². The van der Waals surface area contributed by atoms with E-state index in [0.29, 0.717) is 11.4 Å². The molecule has 4 heteroatoms. The largest absolute Gasteiger partial charge is 0.444 e. The predicted molar refractivity (Wildman–Crippen MR) is 142 cm³/mol. The van der Waals surface area contributed by atoms with Gasteiger partial charge in [-0.05, 0) is 52.9 Å². The summed E-state index contributed by atoms with van der Waals surface area (Å²) in [7, 11) is 0. The number of nitrogen functional groups attached to an aromatic ring is 1. The number of hydrogen-bond donors (Lipinski definition) is 2. The molecule has 34 heavy (non-hydrogen) atoms. The number of fused-ring (bicyclic) bond motifs is 1. The van der Waals surface area contributed by atoms with Crippen LogP contribution in [-0.4, -0.2) is 6.09 Å². The normalized spacial score (nSPS) is 10.9. The van der Waals surface area contributed by atoms with E-state index in [1.807, 2.05) is 60.7 Å². The third kappa shape index (κ3) is 5.76. The van der Waals surface area contributed by atoms with Gasteiger partial charge in [-0.2, -0.15) is 0 Å². The fraction of sp³-hybridized carbons (Fsp3) is 0.233. The molecule has 0 aliphatic rings. The molecular formula is C30H32N2O2. The molecular weight excluding hydrogens is 420 g/mol. The summed E-state index contributed by atoms with van der Waals surface area (Å²) in [4.78, 5) is 12.7. The first kappa shape index (κ1) is 23.4. The molecule has 0 atom stereocenters. The number of nitrogens with two attached hydrogens (primary N) is 1. The Hall–Kier alpha value is -3.79. The summed E-state index contributed by atoms with van der Waals surface area (Å²) in [5.41, 5.74) is 11.9. The first-order valence-corrected chi connectivity index (χ1v) is 12.0. The molecule has 4 rings (SSSR count). The van der Waals surface area contributed by atoms with Gasteiger partial charge in [-0.25, -0.2) is 4.79 Å². The molecule has 0 spiro atoms. The van der Waals surface area contributed by atoms with Gasteiger partial charge in [0.05, 0.1) is 5.69 Å². The molecule has 4 aromatic rings. The van der Waals surface area contributed by atoms with Crippen LogP contribution in [0.3, 0.4) is 0 Å². The van der Waals surface area contributed by atoms with Crippen LogP contribution in [0.4, 0.5) is 16.2 Å². The summed E-state index contributed by atoms with van der Waals surface area (Å²) in [5, 5.41) is 5.13. The molecule has 0 fully saturated rings. The molecule has 1 amide bonds. The van der Waals surface area contributed by atoms with Crippen molar-refractivity contribution < 1.29 is 9.53 Å². The van der Waals surface area contributed by atoms with E-state index in [4.69, 9.17) is 10.5 Å². The number of anilines is 2. The van der Waals surface area contributed by atoms with E-state index in [0.717, 1.165) is 40.3 Å². The zero-order valence-corrected chi connectivity index (χ0v) is 19.7. The van der Waals surface area contributed by atoms with Gasteiger partial charge in [-0.15, -0.1) is 0 Å². The first-order valence-electron chi connectivity index (χ1n) is 12.0. The van der Waals surface area contributed by atoms with Gasteiger partial charge in [0.15, 0.2) is 0 Å². The zero-order valence-electron chi connectivity index (χ0n) is 19.7. The quantitative estimate of drug-likeness (QED) is 0.200. The number of hydrogen-bond acceptors (Lipinski definition) is 3. The second-order valence-corrected chi connectivity index (χ2v) is 8.63. The Bertz CT molecular complexity index is 1250. The molecule has 0 unspecified atom stereocenters. The second-order valence-electron chi connectivity index (χ2n) is 8.63. The summed E-state index contributed by atoms with van der Waals surface area (Å²) in [5.74, 6) is 0. The molecule has 0 saturated carbocycles. The zero-order chi connectivity index (χ0) is 23.8. The van der Waals surface area contributed by atoms with Crippen molar-refractivity contribution in [3.8, 4) is 11.1 Å². The van der Waals surface area contributed by atoms with Gasteiger partial charge in [0.25, 0.3) is 0 Å². The van der Waals surface area contributed by atoms with Gasteiger partial charge in [0, 0.05) is 16.8 Å². The summed E-state index contributed by atoms with van der Waals surface area (Å²) in [6.45, 7) is 2.44. The summed E-state index contributed by atoms with van der Waals surface area (Å²) < 4.78 is 5.48. The van der Waals surface area contributed by atoms with E-state index in [2.05, 4.69) is 36.5 Å². The molecule has 0 saturated heterocycles. The van der Waals surface area contributed by atoms with Crippen molar-refractivity contribution in [2.24, 2.45) is 0 Å². The minimum Gasteiger partial charge on any atom is -0.444 e. The van der Waals surface area contributed by atoms with Crippen molar-refractivity contribution in [2.45, 2.75) is 45.6 Å². The average molecular weight is 453 g/mol. The lowest BCUT2D eigenvalue weighted by Crippen LogP contribution is -2.14. The Balaban J connectivity index is 1.65. The van der Waals surface area contributed by atoms with Crippen LogP contribution in [0.15, 0.2) is 84.9 Å². The lowest BCUT2D eigenvalue weighted by atomic mass is 9.93. The highest BCUT2D eigenvalue weighted by molar-refractivity contribution is 6.06. The molecule has 4 aromatic carbocycles. The minimum absolute atomic E-state index is 0.216. The fourth-order valence-corrected chi connectivity index (χ4v) is 4.28. The number of nitrogens with one attached hydrogen (secondary N) is 1. The lowest BCUT2D eigenvalue weighted by molar-refractivity contribution is 0.155. The van der Waals surface area contributed by atoms with E-state index in [1.54, 1.807) is 0 Å². The molecule has 0 aliphatic heterocycles. The molecule has 0 radical (unpaired) electrons. The summed E-state index contributed by atoms with van der Waals surface area (Å²) in [6.07, 6.45) is 5.33. The van der Waals surface area contributed by atoms with Crippen LogP contribution >= 0.6 is 0 Å². The van der Waals surface area contributed by atoms with Crippen LogP contribution in [0.5, 0.6) is 0 Å². The molecule has 0 aliphatic carbocycles. The SMILES string of the molecule is CCCCCCc1ccc(NC(=O)OCc2ccccc2)c(-c2c(N)ccc3ccccc23)c1. The Morgan fingerprint density at radius 3 is 2.47 bits per heavy atom. The maximum atomic E-state index is 12.7. The second kappa shape index (κ2) is 11.4. The van der Waals surface area contributed by atoms with Gasteiger partial charge >= 0.3 is 6.09 Å². The molecule has 174 valence electrons. The Labute approximate surface area is 201 Å². The van der Waals surface area contributed by atoms with E-state index in [9.17, 15) is 4.79 Å². The molecule has 0 heterocycles. The van der Waals surface area contributed by atoms with Crippen molar-refractivity contribution in [3.63, 3.8) is 0 Å². The van der Waals surface area contributed by atoms with Gasteiger partial charge in [0.1, 0.15) is 6.61 Å². The van der Waals surface area contributed by atoms with Crippen LogP contribution in [-0.2, 0) is 17.8 Å². The Morgan fingerprint density at radius 2 is 1.65 bits per heavy atom. The lowest BCUT2D eigenvalue weighted by Gasteiger charge is -2.17. The highest BCUT2D eigenvalue weighted by atomic mass is 16.5. The van der Waals surface area contributed by atoms with E-state index in [1.165, 1.54) is 24.8 Å². The average Bonchev–Trinajstić information content (AvgIpc) is 2.87. The first-order chi connectivity index (χ1) is 16.7. The van der Waals surface area contributed by atoms with Crippen molar-refractivity contribution >= 4 is 28.2 Å². The predicted octanol–water partition coefficient (Wildman–Crippen LogP) is 7.96. The van der Waals surface area contributed by atoms with Crippen molar-refractivity contribution in [3.05, 3.63) is 96.1 Å². The molecule has 0 bridgehead atoms. The topological polar surface area (TPSA) is 64.3 Å². The van der Waals surface area contributed by atoms with E-state index >= 15 is 0 Å². The van der Waals surface area contributed by atoms with Gasteiger partial charge in [-0.1, -0.05) is 92.9 Å². The highest BCUT2D eigenvalue weighted by Gasteiger charge is 2.16. The van der Waals surface area contributed by atoms with Crippen LogP contribution < -0.4 is 11.1 Å². The summed E-state index contributed by atoms with van der Waals surface area (Å²) >= 11 is 0. The monoisotopic (exact) mass is 452 g/mol. The number of amides is 1. The van der Waals surface area contributed by atoms with Crippen LogP contribution in [0.1, 0.15) is 43.7 Å². The number of unbranched alkanes of at least 4 members (excludes halogenated alkanes) is 3. The van der Waals surface area contributed by atoms with E-state index in [-0.39, 0.29) is 6.61 Å². The third-order valence-corrected chi connectivity index (χ3v) is 6.08. The highest BCUT2D eigenvalue weighted by Crippen LogP contribution is 2.39. The number of ether oxygens (including phenoxy) is 1. The van der Waals surface area contributed by atoms with Gasteiger partial charge in [-0.3, -0.25) is 5.32 Å². The van der Waals surface area contributed by atoms with Crippen LogP contribution in [0.2, 0.25) is 0 Å². The molecule has 4 nitrogen and oxygen atoms in total. The number of carbonyl (C=O) groups excluding carboxylic acids is 1. The number of rotatable bonds is 9. The Morgan fingerprint density at radius 1 is 0.853 bits per heavy atom. The Kier molecular flexibility index (Phi) is 7.82. The van der Waals surface area contributed by atoms with Crippen molar-refractivity contribution in [1.29, 1.82) is 0 Å². The minimum atomic E-state index is -0.486. The molecule has 3 N–H and O–H groups in total. The number of aryl methyl sites for hydroxylation is 1.